The number of ketones is 1. The molecule has 0 spiro atoms. The van der Waals surface area contributed by atoms with Crippen LogP contribution in [0.4, 0.5) is 0 Å². The highest BCUT2D eigenvalue weighted by Crippen LogP contribution is 2.28. The molecule has 2 aromatic carbocycles. The topological polar surface area (TPSA) is 140 Å². The van der Waals surface area contributed by atoms with Crippen LogP contribution in [0.5, 0.6) is 0 Å². The molecule has 3 amide bonds. The first-order valence-corrected chi connectivity index (χ1v) is 16.4. The minimum Gasteiger partial charge on any atom is -0.465 e. The minimum atomic E-state index is -1.37. The largest absolute Gasteiger partial charge is 0.465 e. The van der Waals surface area contributed by atoms with Crippen LogP contribution < -0.4 is 16.0 Å². The summed E-state index contributed by atoms with van der Waals surface area (Å²) in [5.41, 5.74) is 1.07. The molecule has 1 aliphatic rings. The van der Waals surface area contributed by atoms with Gasteiger partial charge in [0.2, 0.25) is 11.7 Å². The second-order valence-electron chi connectivity index (χ2n) is 10.5. The number of Topliss-reactive ketones (excluding diaryl/α,β-unsaturated/α-hetero) is 1. The van der Waals surface area contributed by atoms with Crippen LogP contribution in [-0.4, -0.2) is 67.6 Å². The number of ether oxygens (including phenoxy) is 2. The Morgan fingerprint density at radius 3 is 2.39 bits per heavy atom. The maximum atomic E-state index is 13.7. The van der Waals surface area contributed by atoms with Gasteiger partial charge in [-0.1, -0.05) is 74.0 Å². The zero-order valence-corrected chi connectivity index (χ0v) is 26.6. The summed E-state index contributed by atoms with van der Waals surface area (Å²) in [5.74, 6) is -3.70. The molecule has 0 heterocycles. The second-order valence-corrected chi connectivity index (χ2v) is 11.8. The fourth-order valence-electron chi connectivity index (χ4n) is 4.96. The van der Waals surface area contributed by atoms with Crippen LogP contribution in [0, 0.1) is 5.92 Å². The van der Waals surface area contributed by atoms with Gasteiger partial charge in [-0.05, 0) is 49.3 Å². The molecular formula is C32H40ClN3O7S. The number of esters is 1. The van der Waals surface area contributed by atoms with Crippen molar-refractivity contribution in [2.45, 2.75) is 69.0 Å². The third kappa shape index (κ3) is 11.3. The van der Waals surface area contributed by atoms with Crippen LogP contribution in [0.1, 0.15) is 61.4 Å². The SMILES string of the molecule is CCOC(=O)CNC(=O)C(=O)C(COCc1ccccc1)NC(=O)[C@H](CC1CCCCC1)NC(=O)c1cc(SC)ccc1Cl. The van der Waals surface area contributed by atoms with Crippen molar-refractivity contribution >= 4 is 52.8 Å². The van der Waals surface area contributed by atoms with E-state index in [-0.39, 0.29) is 36.3 Å². The molecule has 3 rings (SSSR count). The van der Waals surface area contributed by atoms with Gasteiger partial charge < -0.3 is 25.4 Å². The molecule has 2 aromatic rings. The third-order valence-corrected chi connectivity index (χ3v) is 8.34. The molecule has 0 radical (unpaired) electrons. The van der Waals surface area contributed by atoms with Gasteiger partial charge >= 0.3 is 5.97 Å². The number of thioether (sulfide) groups is 1. The molecule has 1 aliphatic carbocycles. The Labute approximate surface area is 267 Å². The first kappa shape index (κ1) is 35.1. The number of carbonyl (C=O) groups excluding carboxylic acids is 5. The summed E-state index contributed by atoms with van der Waals surface area (Å²) in [7, 11) is 0. The first-order chi connectivity index (χ1) is 21.2. The highest BCUT2D eigenvalue weighted by molar-refractivity contribution is 7.98. The molecule has 1 unspecified atom stereocenters. The van der Waals surface area contributed by atoms with E-state index in [0.717, 1.165) is 42.6 Å². The number of amides is 3. The van der Waals surface area contributed by atoms with Gasteiger partial charge in [0.25, 0.3) is 11.8 Å². The van der Waals surface area contributed by atoms with E-state index in [1.165, 1.54) is 11.8 Å². The van der Waals surface area contributed by atoms with Crippen molar-refractivity contribution in [1.29, 1.82) is 0 Å². The standard InChI is InChI=1S/C32H40ClN3O7S/c1-3-43-28(37)18-34-32(41)29(38)27(20-42-19-22-12-8-5-9-13-22)36-31(40)26(16-21-10-6-4-7-11-21)35-30(39)24-17-23(44-2)14-15-25(24)33/h5,8-9,12-15,17,21,26-27H,3-4,6-7,10-11,16,18-20H2,1-2H3,(H,34,41)(H,35,39)(H,36,40)/t26-,27?/m0/s1. The molecule has 1 fully saturated rings. The number of hydrogen-bond donors (Lipinski definition) is 3. The zero-order valence-electron chi connectivity index (χ0n) is 25.1. The minimum absolute atomic E-state index is 0.121. The van der Waals surface area contributed by atoms with Gasteiger partial charge in [-0.15, -0.1) is 11.8 Å². The van der Waals surface area contributed by atoms with Crippen molar-refractivity contribution in [2.24, 2.45) is 5.92 Å². The smallest absolute Gasteiger partial charge is 0.325 e. The van der Waals surface area contributed by atoms with Crippen molar-refractivity contribution in [2.75, 3.05) is 26.0 Å². The molecule has 3 N–H and O–H groups in total. The number of rotatable bonds is 16. The Kier molecular flexibility index (Phi) is 14.7. The summed E-state index contributed by atoms with van der Waals surface area (Å²) >= 11 is 7.79. The molecule has 12 heteroatoms. The van der Waals surface area contributed by atoms with Crippen LogP contribution in [0.3, 0.4) is 0 Å². The monoisotopic (exact) mass is 645 g/mol. The van der Waals surface area contributed by atoms with E-state index in [0.29, 0.717) is 6.42 Å². The summed E-state index contributed by atoms with van der Waals surface area (Å²) in [6, 6.07) is 11.9. The number of carbonyl (C=O) groups is 5. The summed E-state index contributed by atoms with van der Waals surface area (Å²) in [6.07, 6.45) is 7.26. The summed E-state index contributed by atoms with van der Waals surface area (Å²) in [5, 5.41) is 7.95. The zero-order chi connectivity index (χ0) is 31.9. The van der Waals surface area contributed by atoms with Crippen LogP contribution in [0.25, 0.3) is 0 Å². The molecule has 2 atom stereocenters. The van der Waals surface area contributed by atoms with Crippen molar-refractivity contribution < 1.29 is 33.4 Å². The van der Waals surface area contributed by atoms with Gasteiger partial charge in [0.15, 0.2) is 0 Å². The van der Waals surface area contributed by atoms with Gasteiger partial charge in [0, 0.05) is 4.90 Å². The van der Waals surface area contributed by atoms with Gasteiger partial charge in [-0.2, -0.15) is 0 Å². The van der Waals surface area contributed by atoms with E-state index in [2.05, 4.69) is 16.0 Å². The predicted octanol–water partition coefficient (Wildman–Crippen LogP) is 4.08. The summed E-state index contributed by atoms with van der Waals surface area (Å²) in [6.45, 7) is 1.07. The molecule has 238 valence electrons. The fraction of sp³-hybridized carbons (Fsp3) is 0.469. The Morgan fingerprint density at radius 2 is 1.70 bits per heavy atom. The third-order valence-electron chi connectivity index (χ3n) is 7.29. The quantitative estimate of drug-likeness (QED) is 0.141. The lowest BCUT2D eigenvalue weighted by Gasteiger charge is -2.28. The molecule has 0 bridgehead atoms. The molecule has 0 aliphatic heterocycles. The second kappa shape index (κ2) is 18.4. The normalized spacial score (nSPS) is 14.6. The average Bonchev–Trinajstić information content (AvgIpc) is 3.03. The van der Waals surface area contributed by atoms with E-state index in [4.69, 9.17) is 21.1 Å². The van der Waals surface area contributed by atoms with Crippen molar-refractivity contribution in [3.63, 3.8) is 0 Å². The Hall–Kier alpha value is -3.41. The van der Waals surface area contributed by atoms with Gasteiger partial charge in [0.1, 0.15) is 18.6 Å². The summed E-state index contributed by atoms with van der Waals surface area (Å²) in [4.78, 5) is 65.5. The van der Waals surface area contributed by atoms with Gasteiger partial charge in [0.05, 0.1) is 30.4 Å². The predicted molar refractivity (Wildman–Crippen MR) is 168 cm³/mol. The van der Waals surface area contributed by atoms with E-state index in [9.17, 15) is 24.0 Å². The number of nitrogens with one attached hydrogen (secondary N) is 3. The molecule has 1 saturated carbocycles. The van der Waals surface area contributed by atoms with E-state index in [1.807, 2.05) is 36.6 Å². The van der Waals surface area contributed by atoms with Crippen LogP contribution >= 0.6 is 23.4 Å². The van der Waals surface area contributed by atoms with Crippen LogP contribution in [0.15, 0.2) is 53.4 Å². The van der Waals surface area contributed by atoms with E-state index < -0.39 is 48.1 Å². The van der Waals surface area contributed by atoms with E-state index in [1.54, 1.807) is 25.1 Å². The fourth-order valence-corrected chi connectivity index (χ4v) is 5.61. The molecule has 0 saturated heterocycles. The maximum absolute atomic E-state index is 13.7. The Morgan fingerprint density at radius 1 is 0.977 bits per heavy atom. The Balaban J connectivity index is 1.78. The van der Waals surface area contributed by atoms with Crippen LogP contribution in [0.2, 0.25) is 5.02 Å². The Bertz CT molecular complexity index is 1290. The number of halogens is 1. The molecule has 44 heavy (non-hydrogen) atoms. The molecular weight excluding hydrogens is 606 g/mol. The molecule has 0 aromatic heterocycles. The lowest BCUT2D eigenvalue weighted by Crippen LogP contribution is -2.56. The highest BCUT2D eigenvalue weighted by Gasteiger charge is 2.32. The summed E-state index contributed by atoms with van der Waals surface area (Å²) < 4.78 is 10.5. The van der Waals surface area contributed by atoms with Crippen molar-refractivity contribution in [3.05, 3.63) is 64.7 Å². The molecule has 10 nitrogen and oxygen atoms in total. The highest BCUT2D eigenvalue weighted by atomic mass is 35.5. The van der Waals surface area contributed by atoms with E-state index >= 15 is 0 Å². The van der Waals surface area contributed by atoms with Crippen molar-refractivity contribution in [3.8, 4) is 0 Å². The van der Waals surface area contributed by atoms with Gasteiger partial charge in [-0.25, -0.2) is 0 Å². The van der Waals surface area contributed by atoms with Crippen LogP contribution in [-0.2, 0) is 35.3 Å². The average molecular weight is 646 g/mol. The lowest BCUT2D eigenvalue weighted by molar-refractivity contribution is -0.146. The van der Waals surface area contributed by atoms with Gasteiger partial charge in [-0.3, -0.25) is 24.0 Å². The first-order valence-electron chi connectivity index (χ1n) is 14.8. The number of benzene rings is 2. The lowest BCUT2D eigenvalue weighted by atomic mass is 9.84. The number of hydrogen-bond acceptors (Lipinski definition) is 8. The van der Waals surface area contributed by atoms with Crippen molar-refractivity contribution in [1.82, 2.24) is 16.0 Å². The maximum Gasteiger partial charge on any atom is 0.325 e.